The Morgan fingerprint density at radius 2 is 1.89 bits per heavy atom. The Morgan fingerprint density at radius 1 is 1.19 bits per heavy atom. The van der Waals surface area contributed by atoms with Crippen LogP contribution in [0.4, 0.5) is 5.69 Å². The van der Waals surface area contributed by atoms with Gasteiger partial charge in [0.05, 0.1) is 5.25 Å². The Labute approximate surface area is 177 Å². The van der Waals surface area contributed by atoms with Gasteiger partial charge in [-0.15, -0.1) is 0 Å². The molecule has 2 aromatic carbocycles. The van der Waals surface area contributed by atoms with E-state index in [0.717, 1.165) is 14.5 Å². The number of nitrogens with zero attached hydrogens (tertiary/aromatic N) is 2. The summed E-state index contributed by atoms with van der Waals surface area (Å²) in [7, 11) is 0. The summed E-state index contributed by atoms with van der Waals surface area (Å²) < 4.78 is 1.78. The number of halogens is 2. The van der Waals surface area contributed by atoms with Gasteiger partial charge in [-0.2, -0.15) is 5.26 Å². The maximum Gasteiger partial charge on any atom is 0.262 e. The zero-order valence-electron chi connectivity index (χ0n) is 13.9. The molecule has 0 bridgehead atoms. The fourth-order valence-corrected chi connectivity index (χ4v) is 4.73. The first-order valence-corrected chi connectivity index (χ1v) is 10.3. The molecule has 0 spiro atoms. The summed E-state index contributed by atoms with van der Waals surface area (Å²) in [5.74, 6) is -1.04. The summed E-state index contributed by atoms with van der Waals surface area (Å²) in [5, 5.41) is 9.21. The molecule has 1 fully saturated rings. The number of carbonyl (C=O) groups excluding carboxylic acids is 2. The lowest BCUT2D eigenvalue weighted by Crippen LogP contribution is -2.31. The SMILES string of the molecule is N#C/C(C(N)=O)=C1\S[C@H](Cc2cccc(Br)c2)C(=O)N1c1ccc(Br)cc1. The second kappa shape index (κ2) is 8.30. The largest absolute Gasteiger partial charge is 0.365 e. The number of hydrogen-bond acceptors (Lipinski definition) is 4. The van der Waals surface area contributed by atoms with Crippen LogP contribution in [0.3, 0.4) is 0 Å². The standard InChI is InChI=1S/C19H13Br2N3O2S/c20-12-4-6-14(7-5-12)24-18(26)16(9-11-2-1-3-13(21)8-11)27-19(24)15(10-22)17(23)25/h1-8,16H,9H2,(H2,23,25)/b19-15+/t16-/m1/s1. The van der Waals surface area contributed by atoms with Gasteiger partial charge < -0.3 is 5.73 Å². The van der Waals surface area contributed by atoms with E-state index in [1.54, 1.807) is 24.3 Å². The first-order chi connectivity index (χ1) is 12.9. The minimum Gasteiger partial charge on any atom is -0.365 e. The highest BCUT2D eigenvalue weighted by Crippen LogP contribution is 2.42. The molecule has 0 aromatic heterocycles. The molecule has 136 valence electrons. The van der Waals surface area contributed by atoms with Crippen LogP contribution in [-0.2, 0) is 16.0 Å². The highest BCUT2D eigenvalue weighted by molar-refractivity contribution is 9.10. The molecule has 1 aliphatic heterocycles. The first kappa shape index (κ1) is 19.7. The van der Waals surface area contributed by atoms with Crippen LogP contribution in [0.15, 0.2) is 68.1 Å². The lowest BCUT2D eigenvalue weighted by molar-refractivity contribution is -0.117. The van der Waals surface area contributed by atoms with Crippen molar-refractivity contribution in [2.24, 2.45) is 5.73 Å². The van der Waals surface area contributed by atoms with Crippen molar-refractivity contribution in [3.05, 3.63) is 73.6 Å². The van der Waals surface area contributed by atoms with E-state index < -0.39 is 11.2 Å². The van der Waals surface area contributed by atoms with Crippen LogP contribution in [0, 0.1) is 11.3 Å². The number of nitriles is 1. The van der Waals surface area contributed by atoms with Gasteiger partial charge in [0.25, 0.3) is 5.91 Å². The van der Waals surface area contributed by atoms with Gasteiger partial charge in [0.1, 0.15) is 16.7 Å². The molecule has 0 radical (unpaired) electrons. The van der Waals surface area contributed by atoms with Crippen molar-refractivity contribution < 1.29 is 9.59 Å². The van der Waals surface area contributed by atoms with Crippen LogP contribution >= 0.6 is 43.6 Å². The summed E-state index contributed by atoms with van der Waals surface area (Å²) >= 11 is 7.98. The molecule has 5 nitrogen and oxygen atoms in total. The Bertz CT molecular complexity index is 983. The van der Waals surface area contributed by atoms with Crippen molar-refractivity contribution >= 4 is 61.1 Å². The third-order valence-corrected chi connectivity index (χ3v) is 6.20. The van der Waals surface area contributed by atoms with Crippen LogP contribution in [-0.4, -0.2) is 17.1 Å². The summed E-state index contributed by atoms with van der Waals surface area (Å²) in [6, 6.07) is 16.6. The fourth-order valence-electron chi connectivity index (χ4n) is 2.70. The molecule has 1 atom stereocenters. The molecular weight excluding hydrogens is 494 g/mol. The van der Waals surface area contributed by atoms with Crippen molar-refractivity contribution in [1.29, 1.82) is 5.26 Å². The van der Waals surface area contributed by atoms with Crippen LogP contribution in [0.1, 0.15) is 5.56 Å². The van der Waals surface area contributed by atoms with Crippen LogP contribution in [0.25, 0.3) is 0 Å². The average Bonchev–Trinajstić information content (AvgIpc) is 2.92. The number of benzene rings is 2. The van der Waals surface area contributed by atoms with Gasteiger partial charge in [-0.1, -0.05) is 55.8 Å². The molecule has 3 rings (SSSR count). The van der Waals surface area contributed by atoms with Crippen molar-refractivity contribution in [3.63, 3.8) is 0 Å². The van der Waals surface area contributed by atoms with Crippen molar-refractivity contribution in [2.75, 3.05) is 4.90 Å². The number of carbonyl (C=O) groups is 2. The van der Waals surface area contributed by atoms with Gasteiger partial charge in [-0.3, -0.25) is 14.5 Å². The number of nitrogens with two attached hydrogens (primary N) is 1. The van der Waals surface area contributed by atoms with Gasteiger partial charge in [0.2, 0.25) is 5.91 Å². The molecule has 0 unspecified atom stereocenters. The number of anilines is 1. The molecule has 1 saturated heterocycles. The Kier molecular flexibility index (Phi) is 6.05. The normalized spacial score (nSPS) is 18.3. The summed E-state index contributed by atoms with van der Waals surface area (Å²) in [4.78, 5) is 26.3. The smallest absolute Gasteiger partial charge is 0.262 e. The molecule has 8 heteroatoms. The Morgan fingerprint density at radius 3 is 2.48 bits per heavy atom. The Balaban J connectivity index is 2.03. The van der Waals surface area contributed by atoms with E-state index in [9.17, 15) is 14.9 Å². The molecule has 0 aliphatic carbocycles. The van der Waals surface area contributed by atoms with Crippen LogP contribution in [0.5, 0.6) is 0 Å². The zero-order chi connectivity index (χ0) is 19.6. The maximum absolute atomic E-state index is 13.1. The maximum atomic E-state index is 13.1. The van der Waals surface area contributed by atoms with E-state index >= 15 is 0 Å². The van der Waals surface area contributed by atoms with Gasteiger partial charge in [-0.25, -0.2) is 0 Å². The quantitative estimate of drug-likeness (QED) is 0.499. The average molecular weight is 507 g/mol. The lowest BCUT2D eigenvalue weighted by Gasteiger charge is -2.18. The van der Waals surface area contributed by atoms with Crippen LogP contribution < -0.4 is 10.6 Å². The summed E-state index contributed by atoms with van der Waals surface area (Å²) in [5.41, 5.74) is 6.71. The van der Waals surface area contributed by atoms with Crippen molar-refractivity contribution in [2.45, 2.75) is 11.7 Å². The van der Waals surface area contributed by atoms with E-state index in [0.29, 0.717) is 12.1 Å². The molecule has 2 aromatic rings. The number of primary amides is 1. The van der Waals surface area contributed by atoms with Crippen molar-refractivity contribution in [1.82, 2.24) is 0 Å². The third kappa shape index (κ3) is 4.26. The second-order valence-corrected chi connectivity index (χ2v) is 8.77. The van der Waals surface area contributed by atoms with Gasteiger partial charge in [0, 0.05) is 14.6 Å². The molecule has 2 N–H and O–H groups in total. The van der Waals surface area contributed by atoms with Gasteiger partial charge in [-0.05, 0) is 48.4 Å². The highest BCUT2D eigenvalue weighted by Gasteiger charge is 2.40. The predicted molar refractivity (Wildman–Crippen MR) is 113 cm³/mol. The molecule has 27 heavy (non-hydrogen) atoms. The van der Waals surface area contributed by atoms with E-state index in [1.807, 2.05) is 30.3 Å². The minimum atomic E-state index is -0.849. The van der Waals surface area contributed by atoms with E-state index in [1.165, 1.54) is 16.7 Å². The van der Waals surface area contributed by atoms with E-state index in [-0.39, 0.29) is 16.5 Å². The number of amides is 2. The molecule has 1 heterocycles. The predicted octanol–water partition coefficient (Wildman–Crippen LogP) is 4.12. The monoisotopic (exact) mass is 505 g/mol. The van der Waals surface area contributed by atoms with Gasteiger partial charge in [0.15, 0.2) is 0 Å². The molecule has 1 aliphatic rings. The lowest BCUT2D eigenvalue weighted by atomic mass is 10.1. The topological polar surface area (TPSA) is 87.2 Å². The highest BCUT2D eigenvalue weighted by atomic mass is 79.9. The first-order valence-electron chi connectivity index (χ1n) is 7.85. The summed E-state index contributed by atoms with van der Waals surface area (Å²) in [6.45, 7) is 0. The van der Waals surface area contributed by atoms with Crippen molar-refractivity contribution in [3.8, 4) is 6.07 Å². The van der Waals surface area contributed by atoms with Gasteiger partial charge >= 0.3 is 0 Å². The van der Waals surface area contributed by atoms with E-state index in [4.69, 9.17) is 5.73 Å². The number of thioether (sulfide) groups is 1. The van der Waals surface area contributed by atoms with E-state index in [2.05, 4.69) is 31.9 Å². The minimum absolute atomic E-state index is 0.189. The van der Waals surface area contributed by atoms with Crippen LogP contribution in [0.2, 0.25) is 0 Å². The fraction of sp³-hybridized carbons (Fsp3) is 0.105. The zero-order valence-corrected chi connectivity index (χ0v) is 17.8. The third-order valence-electron chi connectivity index (χ3n) is 3.92. The second-order valence-electron chi connectivity index (χ2n) is 5.75. The summed E-state index contributed by atoms with van der Waals surface area (Å²) in [6.07, 6.45) is 0.469. The number of rotatable bonds is 4. The Hall–Kier alpha value is -2.08. The number of hydrogen-bond donors (Lipinski definition) is 1. The molecule has 2 amide bonds. The molecule has 0 saturated carbocycles. The molecular formula is C19H13Br2N3O2S.